The van der Waals surface area contributed by atoms with Crippen LogP contribution in [-0.2, 0) is 0 Å². The van der Waals surface area contributed by atoms with E-state index in [0.29, 0.717) is 15.3 Å². The summed E-state index contributed by atoms with van der Waals surface area (Å²) in [4.78, 5) is 28.1. The van der Waals surface area contributed by atoms with Crippen molar-refractivity contribution in [2.24, 2.45) is 0 Å². The minimum Gasteiger partial charge on any atom is -0.619 e. The molecule has 0 saturated heterocycles. The third kappa shape index (κ3) is 4.66. The van der Waals surface area contributed by atoms with Gasteiger partial charge in [-0.3, -0.25) is 9.59 Å². The molecule has 0 aliphatic carbocycles. The molecule has 2 aromatic rings. The number of hydrogen-bond acceptors (Lipinski definition) is 4. The van der Waals surface area contributed by atoms with E-state index in [1.54, 1.807) is 19.9 Å². The molecule has 0 bridgehead atoms. The Labute approximate surface area is 144 Å². The van der Waals surface area contributed by atoms with Gasteiger partial charge in [-0.1, -0.05) is 11.6 Å². The number of amides is 2. The van der Waals surface area contributed by atoms with Crippen LogP contribution in [0.3, 0.4) is 0 Å². The Morgan fingerprint density at radius 2 is 1.67 bits per heavy atom. The summed E-state index contributed by atoms with van der Waals surface area (Å²) in [6.45, 7) is 3.55. The van der Waals surface area contributed by atoms with Gasteiger partial charge < -0.3 is 15.8 Å². The Bertz CT molecular complexity index is 656. The van der Waals surface area contributed by atoms with Crippen molar-refractivity contribution < 1.29 is 14.3 Å². The van der Waals surface area contributed by atoms with Crippen LogP contribution in [0.1, 0.15) is 34.7 Å². The number of rotatable bonds is 5. The first-order chi connectivity index (χ1) is 11.4. The highest BCUT2D eigenvalue weighted by Gasteiger charge is 2.19. The summed E-state index contributed by atoms with van der Waals surface area (Å²) in [6, 6.07) is 5.30. The molecule has 0 unspecified atom stereocenters. The number of pyridine rings is 2. The summed E-state index contributed by atoms with van der Waals surface area (Å²) in [5, 5.41) is 17.0. The molecule has 7 nitrogen and oxygen atoms in total. The molecule has 2 aromatic heterocycles. The molecule has 8 heteroatoms. The zero-order valence-electron chi connectivity index (χ0n) is 13.2. The number of hydrogen-bond donors (Lipinski definition) is 2. The van der Waals surface area contributed by atoms with Crippen molar-refractivity contribution in [1.82, 2.24) is 15.6 Å². The van der Waals surface area contributed by atoms with Gasteiger partial charge in [0.25, 0.3) is 11.8 Å². The number of nitrogens with zero attached hydrogens (tertiary/aromatic N) is 2. The lowest BCUT2D eigenvalue weighted by atomic mass is 10.1. The second-order valence-corrected chi connectivity index (χ2v) is 5.77. The van der Waals surface area contributed by atoms with Gasteiger partial charge in [-0.25, -0.2) is 4.98 Å². The second kappa shape index (κ2) is 7.74. The van der Waals surface area contributed by atoms with E-state index in [4.69, 9.17) is 11.6 Å². The maximum atomic E-state index is 12.1. The van der Waals surface area contributed by atoms with Crippen molar-refractivity contribution in [2.45, 2.75) is 25.9 Å². The summed E-state index contributed by atoms with van der Waals surface area (Å²) in [6.07, 6.45) is 3.89. The van der Waals surface area contributed by atoms with E-state index in [0.717, 1.165) is 0 Å². The highest BCUT2D eigenvalue weighted by molar-refractivity contribution is 6.30. The largest absolute Gasteiger partial charge is 0.619 e. The average molecular weight is 349 g/mol. The van der Waals surface area contributed by atoms with E-state index in [-0.39, 0.29) is 29.6 Å². The molecule has 0 aromatic carbocycles. The molecule has 0 aliphatic rings. The van der Waals surface area contributed by atoms with Gasteiger partial charge in [0.15, 0.2) is 12.4 Å². The Balaban J connectivity index is 1.92. The normalized spacial score (nSPS) is 13.0. The maximum absolute atomic E-state index is 12.1. The lowest BCUT2D eigenvalue weighted by Crippen LogP contribution is -2.48. The molecular weight excluding hydrogens is 332 g/mol. The lowest BCUT2D eigenvalue weighted by Gasteiger charge is -2.22. The molecule has 2 atom stereocenters. The molecule has 0 aliphatic heterocycles. The van der Waals surface area contributed by atoms with Gasteiger partial charge in [0.1, 0.15) is 5.69 Å². The predicted molar refractivity (Wildman–Crippen MR) is 88.5 cm³/mol. The fraction of sp³-hybridized carbons (Fsp3) is 0.250. The van der Waals surface area contributed by atoms with Gasteiger partial charge in [0, 0.05) is 30.4 Å². The topological polar surface area (TPSA) is 98.0 Å². The Kier molecular flexibility index (Phi) is 5.70. The highest BCUT2D eigenvalue weighted by Crippen LogP contribution is 2.06. The van der Waals surface area contributed by atoms with Crippen molar-refractivity contribution in [3.8, 4) is 0 Å². The molecular formula is C16H17ClN4O3. The van der Waals surface area contributed by atoms with E-state index in [1.165, 1.54) is 36.8 Å². The molecule has 0 radical (unpaired) electrons. The third-order valence-corrected chi connectivity index (χ3v) is 3.72. The fourth-order valence-electron chi connectivity index (χ4n) is 1.90. The summed E-state index contributed by atoms with van der Waals surface area (Å²) < 4.78 is 0.599. The Morgan fingerprint density at radius 1 is 1.08 bits per heavy atom. The van der Waals surface area contributed by atoms with E-state index in [2.05, 4.69) is 15.6 Å². The third-order valence-electron chi connectivity index (χ3n) is 3.49. The van der Waals surface area contributed by atoms with E-state index >= 15 is 0 Å². The van der Waals surface area contributed by atoms with Gasteiger partial charge in [0.05, 0.1) is 10.6 Å². The summed E-state index contributed by atoms with van der Waals surface area (Å²) in [5.41, 5.74) is 0.611. The molecule has 0 fully saturated rings. The summed E-state index contributed by atoms with van der Waals surface area (Å²) in [5.74, 6) is -0.679. The number of carbonyl (C=O) groups is 2. The van der Waals surface area contributed by atoms with Gasteiger partial charge in [-0.05, 0) is 26.0 Å². The number of halogens is 1. The molecule has 2 heterocycles. The van der Waals surface area contributed by atoms with Crippen LogP contribution in [0.2, 0.25) is 5.02 Å². The van der Waals surface area contributed by atoms with Crippen LogP contribution >= 0.6 is 11.6 Å². The molecule has 0 spiro atoms. The number of aromatic nitrogens is 2. The van der Waals surface area contributed by atoms with Gasteiger partial charge in [0.2, 0.25) is 0 Å². The van der Waals surface area contributed by atoms with Crippen LogP contribution in [0.15, 0.2) is 42.9 Å². The van der Waals surface area contributed by atoms with Crippen LogP contribution < -0.4 is 15.4 Å². The van der Waals surface area contributed by atoms with Crippen molar-refractivity contribution >= 4 is 23.4 Å². The summed E-state index contributed by atoms with van der Waals surface area (Å²) in [7, 11) is 0. The van der Waals surface area contributed by atoms with E-state index in [1.807, 2.05) is 0 Å². The monoisotopic (exact) mass is 348 g/mol. The number of nitrogens with one attached hydrogen (secondary N) is 2. The van der Waals surface area contributed by atoms with Gasteiger partial charge in [-0.15, -0.1) is 0 Å². The first-order valence-corrected chi connectivity index (χ1v) is 7.66. The van der Waals surface area contributed by atoms with Crippen molar-refractivity contribution in [1.29, 1.82) is 0 Å². The van der Waals surface area contributed by atoms with E-state index < -0.39 is 0 Å². The minimum absolute atomic E-state index is 0.243. The molecule has 2 amide bonds. The Morgan fingerprint density at radius 3 is 2.21 bits per heavy atom. The Hall–Kier alpha value is -2.67. The van der Waals surface area contributed by atoms with Crippen molar-refractivity contribution in [3.63, 3.8) is 0 Å². The molecule has 2 rings (SSSR count). The molecule has 0 saturated carbocycles. The first kappa shape index (κ1) is 17.7. The average Bonchev–Trinajstić information content (AvgIpc) is 2.55. The van der Waals surface area contributed by atoms with Crippen LogP contribution in [0.5, 0.6) is 0 Å². The van der Waals surface area contributed by atoms with Gasteiger partial charge in [-0.2, -0.15) is 4.73 Å². The zero-order valence-corrected chi connectivity index (χ0v) is 13.9. The van der Waals surface area contributed by atoms with Crippen LogP contribution in [0, 0.1) is 5.21 Å². The fourth-order valence-corrected chi connectivity index (χ4v) is 2.01. The number of carbonyl (C=O) groups excluding carboxylic acids is 2. The molecule has 24 heavy (non-hydrogen) atoms. The zero-order chi connectivity index (χ0) is 17.7. The minimum atomic E-state index is -0.354. The van der Waals surface area contributed by atoms with Crippen molar-refractivity contribution in [2.75, 3.05) is 0 Å². The first-order valence-electron chi connectivity index (χ1n) is 7.29. The molecule has 2 N–H and O–H groups in total. The van der Waals surface area contributed by atoms with Crippen molar-refractivity contribution in [3.05, 3.63) is 64.3 Å². The quantitative estimate of drug-likeness (QED) is 0.628. The van der Waals surface area contributed by atoms with Gasteiger partial charge >= 0.3 is 0 Å². The predicted octanol–water partition coefficient (Wildman–Crippen LogP) is 1.31. The van der Waals surface area contributed by atoms with Crippen LogP contribution in [0.4, 0.5) is 0 Å². The lowest BCUT2D eigenvalue weighted by molar-refractivity contribution is -0.605. The highest BCUT2D eigenvalue weighted by atomic mass is 35.5. The summed E-state index contributed by atoms with van der Waals surface area (Å²) >= 11 is 5.74. The maximum Gasteiger partial charge on any atom is 0.270 e. The molecule has 126 valence electrons. The SMILES string of the molecule is C[C@H](NC(=O)c1cc[n+]([O-])cc1)[C@@H](C)NC(=O)c1ccc(Cl)cn1. The van der Waals surface area contributed by atoms with Crippen LogP contribution in [0.25, 0.3) is 0 Å². The van der Waals surface area contributed by atoms with E-state index in [9.17, 15) is 14.8 Å². The smallest absolute Gasteiger partial charge is 0.270 e. The standard InChI is InChI=1S/C16H17ClN4O3/c1-10(19-15(22)12-5-7-21(24)8-6-12)11(2)20-16(23)14-4-3-13(17)9-18-14/h3-11H,1-2H3,(H,19,22)(H,20,23)/t10-,11+/m0/s1. The second-order valence-electron chi connectivity index (χ2n) is 5.33. The van der Waals surface area contributed by atoms with Crippen LogP contribution in [-0.4, -0.2) is 28.9 Å².